The first-order valence-electron chi connectivity index (χ1n) is 9.71. The Hall–Kier alpha value is -3.27. The fraction of sp³-hybridized carbons (Fsp3) is 0.318. The Bertz CT molecular complexity index is 1200. The van der Waals surface area contributed by atoms with E-state index in [1.807, 2.05) is 0 Å². The van der Waals surface area contributed by atoms with Gasteiger partial charge in [-0.05, 0) is 44.2 Å². The molecule has 0 N–H and O–H groups in total. The monoisotopic (exact) mass is 462 g/mol. The Morgan fingerprint density at radius 1 is 1.12 bits per heavy atom. The van der Waals surface area contributed by atoms with Crippen LogP contribution in [0.4, 0.5) is 4.39 Å². The number of rotatable bonds is 8. The summed E-state index contributed by atoms with van der Waals surface area (Å²) in [6.07, 6.45) is 0. The number of carbonyl (C=O) groups is 1. The summed E-state index contributed by atoms with van der Waals surface area (Å²) in [5.41, 5.74) is 0.185. The quantitative estimate of drug-likeness (QED) is 0.285. The van der Waals surface area contributed by atoms with Gasteiger partial charge in [-0.25, -0.2) is 9.37 Å². The lowest BCUT2D eigenvalue weighted by Crippen LogP contribution is -2.24. The molecule has 10 heteroatoms. The van der Waals surface area contributed by atoms with E-state index < -0.39 is 22.6 Å². The Balaban J connectivity index is 2.35. The third kappa shape index (κ3) is 4.36. The van der Waals surface area contributed by atoms with Gasteiger partial charge < -0.3 is 18.9 Å². The molecule has 3 aromatic rings. The van der Waals surface area contributed by atoms with Gasteiger partial charge in [-0.15, -0.1) is 0 Å². The minimum absolute atomic E-state index is 0.206. The maximum Gasteiger partial charge on any atom is 0.319 e. The van der Waals surface area contributed by atoms with Crippen LogP contribution in [0.25, 0.3) is 16.6 Å². The number of ether oxygens (including phenoxy) is 4. The van der Waals surface area contributed by atoms with Gasteiger partial charge in [0.1, 0.15) is 16.6 Å². The van der Waals surface area contributed by atoms with Crippen LogP contribution in [0, 0.1) is 5.82 Å². The number of methoxy groups -OCH3 is 3. The fourth-order valence-electron chi connectivity index (χ4n) is 3.13. The fourth-order valence-corrected chi connectivity index (χ4v) is 4.05. The summed E-state index contributed by atoms with van der Waals surface area (Å²) in [5, 5.41) is -0.241. The zero-order chi connectivity index (χ0) is 23.4. The Labute approximate surface area is 188 Å². The number of carbonyl (C=O) groups excluding carboxylic acids is 1. The van der Waals surface area contributed by atoms with Gasteiger partial charge in [-0.1, -0.05) is 11.8 Å². The number of nitrogens with zero attached hydrogens (tertiary/aromatic N) is 2. The van der Waals surface area contributed by atoms with Crippen molar-refractivity contribution in [1.82, 2.24) is 9.55 Å². The van der Waals surface area contributed by atoms with Crippen molar-refractivity contribution < 1.29 is 28.1 Å². The maximum atomic E-state index is 13.6. The van der Waals surface area contributed by atoms with E-state index in [1.54, 1.807) is 13.8 Å². The van der Waals surface area contributed by atoms with Gasteiger partial charge in [0.25, 0.3) is 5.56 Å². The van der Waals surface area contributed by atoms with Gasteiger partial charge in [0.2, 0.25) is 5.75 Å². The van der Waals surface area contributed by atoms with Gasteiger partial charge in [0, 0.05) is 0 Å². The van der Waals surface area contributed by atoms with E-state index in [1.165, 1.54) is 56.2 Å². The standard InChI is InChI=1S/C22H23FN2O6S/c1-6-31-21(27)12(2)32-22-24-17-15(11-16(28-3)18(29-4)19(17)30-5)20(26)25(22)14-9-7-13(23)8-10-14/h7-12H,6H2,1-5H3/t12-/m1/s1. The molecule has 0 bridgehead atoms. The lowest BCUT2D eigenvalue weighted by molar-refractivity contribution is -0.142. The first-order chi connectivity index (χ1) is 15.4. The molecule has 0 spiro atoms. The minimum atomic E-state index is -0.655. The molecule has 0 aliphatic rings. The molecule has 1 aromatic heterocycles. The summed E-state index contributed by atoms with van der Waals surface area (Å²) in [4.78, 5) is 30.5. The predicted molar refractivity (Wildman–Crippen MR) is 119 cm³/mol. The number of benzene rings is 2. The van der Waals surface area contributed by atoms with Crippen LogP contribution in [0.1, 0.15) is 13.8 Å². The first-order valence-corrected chi connectivity index (χ1v) is 10.6. The van der Waals surface area contributed by atoms with Crippen LogP contribution in [0.15, 0.2) is 40.3 Å². The molecule has 0 fully saturated rings. The highest BCUT2D eigenvalue weighted by molar-refractivity contribution is 8.00. The molecular weight excluding hydrogens is 439 g/mol. The molecule has 0 unspecified atom stereocenters. The molecule has 1 atom stereocenters. The second-order valence-electron chi connectivity index (χ2n) is 6.56. The Morgan fingerprint density at radius 2 is 1.78 bits per heavy atom. The SMILES string of the molecule is CCOC(=O)[C@@H](C)Sc1nc2c(OC)c(OC)c(OC)cc2c(=O)n1-c1ccc(F)cc1. The molecular formula is C22H23FN2O6S. The molecule has 32 heavy (non-hydrogen) atoms. The summed E-state index contributed by atoms with van der Waals surface area (Å²) in [7, 11) is 4.32. The van der Waals surface area contributed by atoms with Crippen molar-refractivity contribution in [2.75, 3.05) is 27.9 Å². The summed E-state index contributed by atoms with van der Waals surface area (Å²) in [6, 6.07) is 6.91. The van der Waals surface area contributed by atoms with Crippen molar-refractivity contribution in [3.63, 3.8) is 0 Å². The second kappa shape index (κ2) is 9.90. The summed E-state index contributed by atoms with van der Waals surface area (Å²) in [5.74, 6) is -0.102. The van der Waals surface area contributed by atoms with Crippen molar-refractivity contribution in [3.8, 4) is 22.9 Å². The highest BCUT2D eigenvalue weighted by atomic mass is 32.2. The van der Waals surface area contributed by atoms with E-state index in [-0.39, 0.29) is 34.2 Å². The number of hydrogen-bond acceptors (Lipinski definition) is 8. The van der Waals surface area contributed by atoms with Gasteiger partial charge in [-0.2, -0.15) is 0 Å². The van der Waals surface area contributed by atoms with E-state index in [4.69, 9.17) is 18.9 Å². The normalized spacial score (nSPS) is 11.8. The number of halogens is 1. The molecule has 2 aromatic carbocycles. The van der Waals surface area contributed by atoms with E-state index in [0.29, 0.717) is 11.4 Å². The number of hydrogen-bond donors (Lipinski definition) is 0. The molecule has 0 aliphatic heterocycles. The highest BCUT2D eigenvalue weighted by Crippen LogP contribution is 2.42. The molecule has 0 aliphatic carbocycles. The molecule has 0 amide bonds. The zero-order valence-electron chi connectivity index (χ0n) is 18.3. The molecule has 0 saturated heterocycles. The smallest absolute Gasteiger partial charge is 0.319 e. The van der Waals surface area contributed by atoms with Gasteiger partial charge in [-0.3, -0.25) is 14.2 Å². The summed E-state index contributed by atoms with van der Waals surface area (Å²) in [6.45, 7) is 3.59. The van der Waals surface area contributed by atoms with E-state index >= 15 is 0 Å². The number of fused-ring (bicyclic) bond motifs is 1. The van der Waals surface area contributed by atoms with Crippen LogP contribution >= 0.6 is 11.8 Å². The molecule has 3 rings (SSSR count). The Kier molecular flexibility index (Phi) is 7.24. The molecule has 8 nitrogen and oxygen atoms in total. The van der Waals surface area contributed by atoms with Crippen molar-refractivity contribution >= 4 is 28.6 Å². The lowest BCUT2D eigenvalue weighted by Gasteiger charge is -2.18. The predicted octanol–water partition coefficient (Wildman–Crippen LogP) is 3.59. The largest absolute Gasteiger partial charge is 0.493 e. The minimum Gasteiger partial charge on any atom is -0.493 e. The highest BCUT2D eigenvalue weighted by Gasteiger charge is 2.25. The third-order valence-electron chi connectivity index (χ3n) is 4.62. The molecule has 0 saturated carbocycles. The topological polar surface area (TPSA) is 88.9 Å². The van der Waals surface area contributed by atoms with Crippen molar-refractivity contribution in [2.24, 2.45) is 0 Å². The maximum absolute atomic E-state index is 13.6. The average Bonchev–Trinajstić information content (AvgIpc) is 2.79. The third-order valence-corrected chi connectivity index (χ3v) is 5.65. The van der Waals surface area contributed by atoms with Crippen LogP contribution in [0.3, 0.4) is 0 Å². The van der Waals surface area contributed by atoms with Crippen LogP contribution in [0.2, 0.25) is 0 Å². The van der Waals surface area contributed by atoms with Gasteiger partial charge in [0.05, 0.1) is 39.0 Å². The number of esters is 1. The van der Waals surface area contributed by atoms with Crippen molar-refractivity contribution in [2.45, 2.75) is 24.3 Å². The average molecular weight is 462 g/mol. The summed E-state index contributed by atoms with van der Waals surface area (Å²) < 4.78 is 36.2. The lowest BCUT2D eigenvalue weighted by atomic mass is 10.2. The van der Waals surface area contributed by atoms with Crippen LogP contribution in [0.5, 0.6) is 17.2 Å². The molecule has 1 heterocycles. The molecule has 170 valence electrons. The number of thioether (sulfide) groups is 1. The van der Waals surface area contributed by atoms with E-state index in [2.05, 4.69) is 4.98 Å². The van der Waals surface area contributed by atoms with Crippen LogP contribution in [-0.2, 0) is 9.53 Å². The van der Waals surface area contributed by atoms with Gasteiger partial charge in [0.15, 0.2) is 16.7 Å². The second-order valence-corrected chi connectivity index (χ2v) is 7.87. The summed E-state index contributed by atoms with van der Waals surface area (Å²) >= 11 is 1.04. The van der Waals surface area contributed by atoms with E-state index in [0.717, 1.165) is 11.8 Å². The first kappa shape index (κ1) is 23.4. The number of aromatic nitrogens is 2. The Morgan fingerprint density at radius 3 is 2.34 bits per heavy atom. The molecule has 0 radical (unpaired) electrons. The van der Waals surface area contributed by atoms with Crippen LogP contribution in [-0.4, -0.2) is 48.7 Å². The van der Waals surface area contributed by atoms with Gasteiger partial charge >= 0.3 is 5.97 Å². The van der Waals surface area contributed by atoms with Crippen molar-refractivity contribution in [1.29, 1.82) is 0 Å². The van der Waals surface area contributed by atoms with Crippen molar-refractivity contribution in [3.05, 3.63) is 46.5 Å². The van der Waals surface area contributed by atoms with E-state index in [9.17, 15) is 14.0 Å². The van der Waals surface area contributed by atoms with Crippen LogP contribution < -0.4 is 19.8 Å². The zero-order valence-corrected chi connectivity index (χ0v) is 19.1.